The summed E-state index contributed by atoms with van der Waals surface area (Å²) >= 11 is 0. The summed E-state index contributed by atoms with van der Waals surface area (Å²) in [5.74, 6) is -0.569. The van der Waals surface area contributed by atoms with Crippen molar-refractivity contribution >= 4 is 12.0 Å². The van der Waals surface area contributed by atoms with Crippen molar-refractivity contribution in [3.05, 3.63) is 28.6 Å². The summed E-state index contributed by atoms with van der Waals surface area (Å²) in [6.07, 6.45) is 7.81. The highest BCUT2D eigenvalue weighted by Crippen LogP contribution is 2.32. The molecule has 1 amide bonds. The number of aromatic nitrogens is 1. The van der Waals surface area contributed by atoms with Crippen LogP contribution in [0.3, 0.4) is 0 Å². The van der Waals surface area contributed by atoms with Crippen molar-refractivity contribution in [1.82, 2.24) is 9.88 Å². The van der Waals surface area contributed by atoms with Gasteiger partial charge in [-0.15, -0.1) is 0 Å². The van der Waals surface area contributed by atoms with Gasteiger partial charge in [0.05, 0.1) is 6.07 Å². The minimum atomic E-state index is -1.01. The number of nitrogens with one attached hydrogen (secondary N) is 1. The molecule has 5 nitrogen and oxygen atoms in total. The lowest BCUT2D eigenvalue weighted by molar-refractivity contribution is -0.118. The number of nitrogens with zero attached hydrogens (tertiary/aromatic N) is 3. The Morgan fingerprint density at radius 1 is 1.30 bits per heavy atom. The van der Waals surface area contributed by atoms with E-state index in [0.717, 1.165) is 17.0 Å². The highest BCUT2D eigenvalue weighted by molar-refractivity contribution is 6.02. The van der Waals surface area contributed by atoms with Gasteiger partial charge >= 0.3 is 0 Å². The maximum absolute atomic E-state index is 12.6. The molecule has 1 aliphatic rings. The molecule has 0 saturated heterocycles. The fourth-order valence-electron chi connectivity index (χ4n) is 3.76. The quantitative estimate of drug-likeness (QED) is 0.612. The van der Waals surface area contributed by atoms with Gasteiger partial charge < -0.3 is 9.88 Å². The van der Waals surface area contributed by atoms with Crippen LogP contribution in [0.1, 0.15) is 75.9 Å². The summed E-state index contributed by atoms with van der Waals surface area (Å²) in [4.78, 5) is 12.6. The van der Waals surface area contributed by atoms with E-state index in [1.54, 1.807) is 13.0 Å². The van der Waals surface area contributed by atoms with Gasteiger partial charge in [0.25, 0.3) is 5.91 Å². The zero-order chi connectivity index (χ0) is 20.2. The third kappa shape index (κ3) is 4.42. The Morgan fingerprint density at radius 2 is 1.93 bits per heavy atom. The molecule has 1 saturated carbocycles. The summed E-state index contributed by atoms with van der Waals surface area (Å²) in [6.45, 7) is 9.55. The van der Waals surface area contributed by atoms with E-state index >= 15 is 0 Å². The largest absolute Gasteiger partial charge is 0.346 e. The molecule has 144 valence electrons. The molecule has 0 spiro atoms. The van der Waals surface area contributed by atoms with E-state index in [-0.39, 0.29) is 11.5 Å². The second-order valence-corrected chi connectivity index (χ2v) is 8.08. The molecule has 0 aromatic carbocycles. The van der Waals surface area contributed by atoms with E-state index in [2.05, 4.69) is 22.9 Å². The van der Waals surface area contributed by atoms with Gasteiger partial charge in [0.2, 0.25) is 0 Å². The van der Waals surface area contributed by atoms with E-state index in [4.69, 9.17) is 0 Å². The predicted molar refractivity (Wildman–Crippen MR) is 107 cm³/mol. The summed E-state index contributed by atoms with van der Waals surface area (Å²) < 4.78 is 2.35. The lowest BCUT2D eigenvalue weighted by Gasteiger charge is -2.27. The second-order valence-electron chi connectivity index (χ2n) is 8.08. The smallest absolute Gasteiger partial charge is 0.263 e. The van der Waals surface area contributed by atoms with Crippen molar-refractivity contribution in [2.45, 2.75) is 78.3 Å². The summed E-state index contributed by atoms with van der Waals surface area (Å²) in [5.41, 5.74) is 2.17. The number of amides is 1. The van der Waals surface area contributed by atoms with Crippen molar-refractivity contribution < 1.29 is 4.79 Å². The summed E-state index contributed by atoms with van der Waals surface area (Å²) in [6, 6.07) is 6.69. The van der Waals surface area contributed by atoms with Gasteiger partial charge in [-0.05, 0) is 57.2 Å². The molecule has 1 aromatic rings. The Bertz CT molecular complexity index is 813. The average molecular weight is 367 g/mol. The molecule has 1 heterocycles. The van der Waals surface area contributed by atoms with Crippen LogP contribution in [0.15, 0.2) is 11.6 Å². The van der Waals surface area contributed by atoms with Crippen LogP contribution in [0, 0.1) is 42.4 Å². The van der Waals surface area contributed by atoms with Crippen LogP contribution in [0.4, 0.5) is 0 Å². The second kappa shape index (κ2) is 8.44. The molecule has 2 rings (SSSR count). The normalized spacial score (nSPS) is 17.9. The van der Waals surface area contributed by atoms with Crippen molar-refractivity contribution in [3.63, 3.8) is 0 Å². The first-order valence-corrected chi connectivity index (χ1v) is 9.77. The van der Waals surface area contributed by atoms with Crippen LogP contribution in [0.25, 0.3) is 6.08 Å². The van der Waals surface area contributed by atoms with Crippen LogP contribution in [0.5, 0.6) is 0 Å². The molecule has 1 atom stereocenters. The van der Waals surface area contributed by atoms with Gasteiger partial charge in [-0.3, -0.25) is 4.79 Å². The Hall–Kier alpha value is -2.53. The molecular weight excluding hydrogens is 336 g/mol. The number of carbonyl (C=O) groups is 1. The Labute approximate surface area is 162 Å². The molecule has 0 aliphatic heterocycles. The summed E-state index contributed by atoms with van der Waals surface area (Å²) in [7, 11) is 0. The SMILES string of the molecule is Cc1cc(/C=C(\C#N)C(=O)NC(C)(C#N)C(C)C)c(C)n1C1CCCCC1. The van der Waals surface area contributed by atoms with Gasteiger partial charge in [0.1, 0.15) is 17.2 Å². The van der Waals surface area contributed by atoms with Crippen molar-refractivity contribution in [2.24, 2.45) is 5.92 Å². The van der Waals surface area contributed by atoms with E-state index in [0.29, 0.717) is 6.04 Å². The first kappa shape index (κ1) is 20.8. The zero-order valence-corrected chi connectivity index (χ0v) is 17.1. The van der Waals surface area contributed by atoms with Gasteiger partial charge in [0, 0.05) is 17.4 Å². The van der Waals surface area contributed by atoms with E-state index in [1.807, 2.05) is 32.9 Å². The standard InChI is InChI=1S/C22H30N4O/c1-15(2)22(5,14-24)25-21(27)19(13-23)12-18-11-16(3)26(17(18)4)20-9-7-6-8-10-20/h11-12,15,20H,6-10H2,1-5H3,(H,25,27)/b19-12+. The minimum Gasteiger partial charge on any atom is -0.346 e. The fraction of sp³-hybridized carbons (Fsp3) is 0.591. The molecule has 1 N–H and O–H groups in total. The molecule has 5 heteroatoms. The first-order valence-electron chi connectivity index (χ1n) is 9.77. The van der Waals surface area contributed by atoms with Crippen LogP contribution < -0.4 is 5.32 Å². The topological polar surface area (TPSA) is 81.6 Å². The Kier molecular flexibility index (Phi) is 6.50. The predicted octanol–water partition coefficient (Wildman–Crippen LogP) is 4.57. The first-order chi connectivity index (χ1) is 12.7. The number of hydrogen-bond acceptors (Lipinski definition) is 3. The molecule has 1 unspecified atom stereocenters. The number of rotatable bonds is 5. The Morgan fingerprint density at radius 3 is 2.44 bits per heavy atom. The van der Waals surface area contributed by atoms with Crippen LogP contribution in [-0.2, 0) is 4.79 Å². The molecule has 27 heavy (non-hydrogen) atoms. The zero-order valence-electron chi connectivity index (χ0n) is 17.1. The number of carbonyl (C=O) groups excluding carboxylic acids is 1. The van der Waals surface area contributed by atoms with Gasteiger partial charge in [0.15, 0.2) is 0 Å². The Balaban J connectivity index is 2.32. The molecule has 1 fully saturated rings. The lowest BCUT2D eigenvalue weighted by Crippen LogP contribution is -2.49. The maximum atomic E-state index is 12.6. The lowest BCUT2D eigenvalue weighted by atomic mass is 9.89. The monoisotopic (exact) mass is 366 g/mol. The molecule has 1 aliphatic carbocycles. The van der Waals surface area contributed by atoms with Crippen molar-refractivity contribution in [2.75, 3.05) is 0 Å². The third-order valence-electron chi connectivity index (χ3n) is 5.89. The third-order valence-corrected chi connectivity index (χ3v) is 5.89. The van der Waals surface area contributed by atoms with E-state index < -0.39 is 11.4 Å². The van der Waals surface area contributed by atoms with Crippen molar-refractivity contribution in [3.8, 4) is 12.1 Å². The van der Waals surface area contributed by atoms with E-state index in [1.165, 1.54) is 32.1 Å². The number of aryl methyl sites for hydroxylation is 1. The molecular formula is C22H30N4O. The van der Waals surface area contributed by atoms with Crippen LogP contribution in [0.2, 0.25) is 0 Å². The minimum absolute atomic E-state index is 0.0287. The van der Waals surface area contributed by atoms with Crippen LogP contribution in [-0.4, -0.2) is 16.0 Å². The fourth-order valence-corrected chi connectivity index (χ4v) is 3.76. The summed E-state index contributed by atoms with van der Waals surface area (Å²) in [5, 5.41) is 21.6. The van der Waals surface area contributed by atoms with Gasteiger partial charge in [-0.25, -0.2) is 0 Å². The van der Waals surface area contributed by atoms with Crippen LogP contribution >= 0.6 is 0 Å². The molecule has 0 bridgehead atoms. The molecule has 0 radical (unpaired) electrons. The van der Waals surface area contributed by atoms with Crippen molar-refractivity contribution in [1.29, 1.82) is 10.5 Å². The van der Waals surface area contributed by atoms with E-state index in [9.17, 15) is 15.3 Å². The van der Waals surface area contributed by atoms with Gasteiger partial charge in [-0.2, -0.15) is 10.5 Å². The van der Waals surface area contributed by atoms with Gasteiger partial charge in [-0.1, -0.05) is 33.1 Å². The maximum Gasteiger partial charge on any atom is 0.263 e. The average Bonchev–Trinajstić information content (AvgIpc) is 2.93. The highest BCUT2D eigenvalue weighted by Gasteiger charge is 2.31. The highest BCUT2D eigenvalue weighted by atomic mass is 16.1. The number of nitriles is 2. The molecule has 1 aromatic heterocycles. The number of hydrogen-bond donors (Lipinski definition) is 1.